The van der Waals surface area contributed by atoms with Crippen LogP contribution in [0.3, 0.4) is 0 Å². The number of amides is 1. The van der Waals surface area contributed by atoms with Gasteiger partial charge in [-0.3, -0.25) is 23.4 Å². The molecule has 0 atom stereocenters. The van der Waals surface area contributed by atoms with Crippen molar-refractivity contribution in [1.82, 2.24) is 14.7 Å². The zero-order valence-corrected chi connectivity index (χ0v) is 16.8. The minimum atomic E-state index is -4.20. The van der Waals surface area contributed by atoms with E-state index in [-0.39, 0.29) is 21.1 Å². The summed E-state index contributed by atoms with van der Waals surface area (Å²) < 4.78 is 48.9. The van der Waals surface area contributed by atoms with E-state index >= 15 is 0 Å². The molecule has 1 heterocycles. The Bertz CT molecular complexity index is 1270. The van der Waals surface area contributed by atoms with Crippen LogP contribution in [0.4, 0.5) is 5.69 Å². The molecule has 148 valence electrons. The van der Waals surface area contributed by atoms with Crippen molar-refractivity contribution < 1.29 is 21.6 Å². The number of halogens is 2. The highest BCUT2D eigenvalue weighted by atomic mass is 35.5. The molecule has 15 heteroatoms. The molecule has 0 spiro atoms. The van der Waals surface area contributed by atoms with Gasteiger partial charge in [-0.15, -0.1) is 0 Å². The van der Waals surface area contributed by atoms with Crippen LogP contribution in [0.1, 0.15) is 0 Å². The summed E-state index contributed by atoms with van der Waals surface area (Å²) >= 11 is 12.0. The lowest BCUT2D eigenvalue weighted by Gasteiger charge is -2.24. The number of nitrogens with zero attached hydrogens (tertiary/aromatic N) is 1. The third-order valence-corrected chi connectivity index (χ3v) is 5.61. The van der Waals surface area contributed by atoms with Crippen molar-refractivity contribution in [2.75, 3.05) is 23.4 Å². The van der Waals surface area contributed by atoms with Crippen molar-refractivity contribution in [2.24, 2.45) is 0 Å². The second kappa shape index (κ2) is 7.14. The molecule has 0 unspecified atom stereocenters. The molecule has 1 amide bonds. The topological polar surface area (TPSA) is 166 Å². The number of hydrogen-bond acceptors (Lipinski definition) is 7. The highest BCUT2D eigenvalue weighted by Gasteiger charge is 2.28. The third kappa shape index (κ3) is 4.80. The minimum absolute atomic E-state index is 0.0545. The Morgan fingerprint density at radius 1 is 1.11 bits per heavy atom. The first-order chi connectivity index (χ1) is 12.2. The van der Waals surface area contributed by atoms with Gasteiger partial charge in [-0.2, -0.15) is 0 Å². The fraction of sp³-hybridized carbons (Fsp3) is 0.250. The average Bonchev–Trinajstić information content (AvgIpc) is 2.46. The molecular weight excluding hydrogens is 447 g/mol. The van der Waals surface area contributed by atoms with Gasteiger partial charge in [0.1, 0.15) is 6.54 Å². The molecule has 27 heavy (non-hydrogen) atoms. The molecular formula is C12H12Cl2N4O7S2. The molecule has 0 fully saturated rings. The number of sulfonamides is 2. The molecule has 0 saturated heterocycles. The van der Waals surface area contributed by atoms with Crippen LogP contribution in [0.25, 0.3) is 11.0 Å². The normalized spacial score (nSPS) is 12.1. The monoisotopic (exact) mass is 458 g/mol. The first-order valence-corrected chi connectivity index (χ1v) is 11.3. The van der Waals surface area contributed by atoms with Gasteiger partial charge in [-0.1, -0.05) is 23.2 Å². The number of nitrogens with one attached hydrogen (secondary N) is 3. The fourth-order valence-corrected chi connectivity index (χ4v) is 4.00. The molecule has 2 aromatic rings. The van der Waals surface area contributed by atoms with E-state index in [0.717, 1.165) is 6.26 Å². The largest absolute Gasteiger partial charge is 0.316 e. The Balaban J connectivity index is 2.80. The van der Waals surface area contributed by atoms with Crippen LogP contribution in [0.15, 0.2) is 15.7 Å². The summed E-state index contributed by atoms with van der Waals surface area (Å²) in [5.41, 5.74) is -2.80. The van der Waals surface area contributed by atoms with E-state index in [9.17, 15) is 31.2 Å². The van der Waals surface area contributed by atoms with Crippen LogP contribution in [-0.2, 0) is 24.8 Å². The van der Waals surface area contributed by atoms with Crippen LogP contribution < -0.4 is 20.1 Å². The second-order valence-corrected chi connectivity index (χ2v) is 9.86. The van der Waals surface area contributed by atoms with Gasteiger partial charge in [-0.25, -0.2) is 16.8 Å². The van der Waals surface area contributed by atoms with E-state index in [1.54, 1.807) is 4.72 Å². The van der Waals surface area contributed by atoms with Gasteiger partial charge < -0.3 is 9.97 Å². The lowest BCUT2D eigenvalue weighted by Crippen LogP contribution is -2.42. The van der Waals surface area contributed by atoms with Crippen molar-refractivity contribution in [3.8, 4) is 0 Å². The zero-order chi connectivity index (χ0) is 20.7. The van der Waals surface area contributed by atoms with E-state index in [1.807, 2.05) is 0 Å². The quantitative estimate of drug-likeness (QED) is 0.500. The Kier molecular flexibility index (Phi) is 5.61. The first kappa shape index (κ1) is 21.2. The van der Waals surface area contributed by atoms with E-state index in [0.29, 0.717) is 10.6 Å². The minimum Gasteiger partial charge on any atom is -0.316 e. The summed E-state index contributed by atoms with van der Waals surface area (Å²) in [6, 6.07) is 1.18. The molecule has 0 aliphatic rings. The highest BCUT2D eigenvalue weighted by Crippen LogP contribution is 2.38. The summed E-state index contributed by atoms with van der Waals surface area (Å²) in [6.07, 6.45) is 1.44. The van der Waals surface area contributed by atoms with Gasteiger partial charge >= 0.3 is 11.1 Å². The number of aromatic amines is 2. The maximum atomic E-state index is 12.2. The standard InChI is InChI=1S/C12H12Cl2N4O7S2/c1-26(22,23)17-7(19)4-18(27(2,24)25)10-8(14)5(13)3-6-9(10)16-12(21)11(20)15-6/h3H,4H2,1-2H3,(H,15,20)(H,16,21)(H,17,19). The number of fused-ring (bicyclic) bond motifs is 1. The number of H-pyrrole nitrogens is 2. The number of benzene rings is 1. The summed E-state index contributed by atoms with van der Waals surface area (Å²) in [4.78, 5) is 39.5. The van der Waals surface area contributed by atoms with Gasteiger partial charge in [-0.05, 0) is 6.07 Å². The van der Waals surface area contributed by atoms with Gasteiger partial charge in [0, 0.05) is 0 Å². The van der Waals surface area contributed by atoms with Crippen molar-refractivity contribution in [3.05, 3.63) is 36.8 Å². The summed E-state index contributed by atoms with van der Waals surface area (Å²) in [6.45, 7) is -0.984. The van der Waals surface area contributed by atoms with Gasteiger partial charge in [0.2, 0.25) is 20.0 Å². The van der Waals surface area contributed by atoms with Crippen molar-refractivity contribution in [2.45, 2.75) is 0 Å². The predicted molar refractivity (Wildman–Crippen MR) is 100 cm³/mol. The van der Waals surface area contributed by atoms with Crippen LogP contribution in [0.2, 0.25) is 10.0 Å². The van der Waals surface area contributed by atoms with Crippen LogP contribution >= 0.6 is 23.2 Å². The SMILES string of the molecule is CS(=O)(=O)NC(=O)CN(c1c(Cl)c(Cl)cc2[nH]c(=O)c(=O)[nH]c12)S(C)(=O)=O. The van der Waals surface area contributed by atoms with Crippen LogP contribution in [0, 0.1) is 0 Å². The van der Waals surface area contributed by atoms with Crippen molar-refractivity contribution >= 4 is 65.9 Å². The molecule has 11 nitrogen and oxygen atoms in total. The molecule has 3 N–H and O–H groups in total. The Morgan fingerprint density at radius 2 is 1.67 bits per heavy atom. The number of aromatic nitrogens is 2. The molecule has 0 bridgehead atoms. The summed E-state index contributed by atoms with van der Waals surface area (Å²) in [5.74, 6) is -1.18. The van der Waals surface area contributed by atoms with E-state index < -0.39 is 49.3 Å². The molecule has 2 rings (SSSR count). The lowest BCUT2D eigenvalue weighted by atomic mass is 10.2. The van der Waals surface area contributed by atoms with Crippen molar-refractivity contribution in [3.63, 3.8) is 0 Å². The molecule has 0 aliphatic heterocycles. The number of anilines is 1. The lowest BCUT2D eigenvalue weighted by molar-refractivity contribution is -0.117. The molecule has 1 aromatic carbocycles. The predicted octanol–water partition coefficient (Wildman–Crippen LogP) is -0.635. The third-order valence-electron chi connectivity index (χ3n) is 3.12. The number of rotatable bonds is 5. The fourth-order valence-electron chi connectivity index (χ4n) is 2.15. The van der Waals surface area contributed by atoms with Crippen molar-refractivity contribution in [1.29, 1.82) is 0 Å². The van der Waals surface area contributed by atoms with Gasteiger partial charge in [0.25, 0.3) is 5.91 Å². The van der Waals surface area contributed by atoms with Gasteiger partial charge in [0.05, 0.1) is 39.3 Å². The van der Waals surface area contributed by atoms with Crippen LogP contribution in [-0.4, -0.2) is 51.8 Å². The van der Waals surface area contributed by atoms with E-state index in [1.165, 1.54) is 6.07 Å². The summed E-state index contributed by atoms with van der Waals surface area (Å²) in [5, 5.41) is -0.525. The maximum Gasteiger partial charge on any atom is 0.314 e. The second-order valence-electron chi connectivity index (χ2n) is 5.42. The summed E-state index contributed by atoms with van der Waals surface area (Å²) in [7, 11) is -8.16. The molecule has 0 radical (unpaired) electrons. The Hall–Kier alpha value is -2.09. The Morgan fingerprint density at radius 3 is 2.19 bits per heavy atom. The molecule has 1 aromatic heterocycles. The van der Waals surface area contributed by atoms with Crippen LogP contribution in [0.5, 0.6) is 0 Å². The number of carbonyl (C=O) groups is 1. The zero-order valence-electron chi connectivity index (χ0n) is 13.7. The highest BCUT2D eigenvalue weighted by molar-refractivity contribution is 7.92. The molecule has 0 saturated carbocycles. The van der Waals surface area contributed by atoms with E-state index in [2.05, 4.69) is 9.97 Å². The smallest absolute Gasteiger partial charge is 0.314 e. The van der Waals surface area contributed by atoms with E-state index in [4.69, 9.17) is 23.2 Å². The van der Waals surface area contributed by atoms with Gasteiger partial charge in [0.15, 0.2) is 0 Å². The Labute approximate surface area is 162 Å². The maximum absolute atomic E-state index is 12.2. The number of carbonyl (C=O) groups excluding carboxylic acids is 1. The first-order valence-electron chi connectivity index (χ1n) is 6.83. The number of hydrogen-bond donors (Lipinski definition) is 3. The molecule has 0 aliphatic carbocycles. The average molecular weight is 459 g/mol.